The topological polar surface area (TPSA) is 79.9 Å². The van der Waals surface area contributed by atoms with Crippen LogP contribution in [0.15, 0.2) is 60.9 Å². The molecule has 2 aromatic heterocycles. The van der Waals surface area contributed by atoms with Gasteiger partial charge in [-0.25, -0.2) is 9.78 Å². The van der Waals surface area contributed by atoms with Crippen LogP contribution in [0.5, 0.6) is 11.5 Å². The minimum absolute atomic E-state index is 0.123. The number of carbonyl (C=O) groups excluding carboxylic acids is 1. The van der Waals surface area contributed by atoms with Gasteiger partial charge in [-0.15, -0.1) is 0 Å². The van der Waals surface area contributed by atoms with Crippen molar-refractivity contribution in [1.82, 2.24) is 19.7 Å². The van der Waals surface area contributed by atoms with Crippen molar-refractivity contribution >= 4 is 28.4 Å². The standard InChI is InChI=1S/C24H19F4N5O2/c25-9-7-15-1-4-17(13-20(15)24(26,27)28)33(11-12-33)23(34)31-16-2-5-18(6-3-16)35-21-8-10-29-22-19(21)14-30-32-22/h1-6,8,10,13-14H,7,9,11-12H2,(H-,29,30,31,32,34)/p+1. The number of H-pyrrole nitrogens is 1. The Balaban J connectivity index is 1.32. The zero-order valence-electron chi connectivity index (χ0n) is 18.3. The van der Waals surface area contributed by atoms with E-state index < -0.39 is 24.4 Å². The second kappa shape index (κ2) is 8.66. The van der Waals surface area contributed by atoms with Crippen molar-refractivity contribution in [3.8, 4) is 11.5 Å². The first kappa shape index (κ1) is 22.8. The Labute approximate surface area is 196 Å². The third-order valence-electron chi connectivity index (χ3n) is 5.96. The lowest BCUT2D eigenvalue weighted by Crippen LogP contribution is -2.38. The van der Waals surface area contributed by atoms with Gasteiger partial charge in [0.25, 0.3) is 0 Å². The number of aromatic amines is 1. The largest absolute Gasteiger partial charge is 0.456 e. The van der Waals surface area contributed by atoms with Crippen LogP contribution in [0.1, 0.15) is 11.1 Å². The molecule has 1 saturated heterocycles. The van der Waals surface area contributed by atoms with Crippen LogP contribution in [0.25, 0.3) is 11.0 Å². The number of fused-ring (bicyclic) bond motifs is 1. The molecule has 2 N–H and O–H groups in total. The molecule has 2 aromatic carbocycles. The number of benzene rings is 2. The molecule has 0 aliphatic carbocycles. The summed E-state index contributed by atoms with van der Waals surface area (Å²) in [6.45, 7) is -0.151. The molecule has 0 radical (unpaired) electrons. The number of anilines is 1. The van der Waals surface area contributed by atoms with Crippen LogP contribution in [0.4, 0.5) is 33.7 Å². The first-order valence-corrected chi connectivity index (χ1v) is 10.8. The summed E-state index contributed by atoms with van der Waals surface area (Å²) >= 11 is 0. The number of hydrogen-bond acceptors (Lipinski definition) is 4. The van der Waals surface area contributed by atoms with Crippen LogP contribution in [0.2, 0.25) is 0 Å². The van der Waals surface area contributed by atoms with Crippen LogP contribution in [0.3, 0.4) is 0 Å². The number of hydrogen-bond donors (Lipinski definition) is 2. The van der Waals surface area contributed by atoms with Crippen LogP contribution in [0, 0.1) is 0 Å². The molecule has 180 valence electrons. The molecular formula is C24H20F4N5O2+. The number of halogens is 4. The van der Waals surface area contributed by atoms with Crippen molar-refractivity contribution in [2.45, 2.75) is 12.6 Å². The molecule has 4 aromatic rings. The molecule has 1 fully saturated rings. The fraction of sp³-hybridized carbons (Fsp3) is 0.208. The number of carbonyl (C=O) groups is 1. The van der Waals surface area contributed by atoms with E-state index >= 15 is 0 Å². The molecule has 5 rings (SSSR count). The first-order chi connectivity index (χ1) is 16.8. The van der Waals surface area contributed by atoms with Gasteiger partial charge in [-0.1, -0.05) is 6.07 Å². The SMILES string of the molecule is O=C(Nc1ccc(Oc2ccnc3[nH]ncc23)cc1)[N+]1(c2ccc(CCF)c(C(F)(F)F)c2)CC1. The van der Waals surface area contributed by atoms with Crippen molar-refractivity contribution < 1.29 is 27.1 Å². The molecule has 0 bridgehead atoms. The van der Waals surface area contributed by atoms with E-state index in [1.165, 1.54) is 12.1 Å². The quantitative estimate of drug-likeness (QED) is 0.204. The number of nitrogens with zero attached hydrogens (tertiary/aromatic N) is 3. The van der Waals surface area contributed by atoms with Crippen molar-refractivity contribution in [3.63, 3.8) is 0 Å². The molecule has 35 heavy (non-hydrogen) atoms. The highest BCUT2D eigenvalue weighted by Crippen LogP contribution is 2.40. The number of pyridine rings is 1. The maximum absolute atomic E-state index is 13.5. The lowest BCUT2D eigenvalue weighted by Gasteiger charge is -2.19. The second-order valence-corrected chi connectivity index (χ2v) is 8.19. The minimum atomic E-state index is -4.64. The number of aryl methyl sites for hydroxylation is 1. The van der Waals surface area contributed by atoms with Gasteiger partial charge < -0.3 is 4.74 Å². The second-order valence-electron chi connectivity index (χ2n) is 8.19. The fourth-order valence-corrected chi connectivity index (χ4v) is 3.97. The smallest absolute Gasteiger partial charge is 0.426 e. The average Bonchev–Trinajstić information content (AvgIpc) is 3.50. The molecule has 0 spiro atoms. The Hall–Kier alpha value is -3.99. The lowest BCUT2D eigenvalue weighted by molar-refractivity contribution is -0.138. The van der Waals surface area contributed by atoms with Gasteiger partial charge in [-0.3, -0.25) is 14.8 Å². The molecule has 0 atom stereocenters. The third-order valence-corrected chi connectivity index (χ3v) is 5.96. The van der Waals surface area contributed by atoms with Gasteiger partial charge in [0.1, 0.15) is 30.3 Å². The van der Waals surface area contributed by atoms with Gasteiger partial charge >= 0.3 is 12.2 Å². The summed E-state index contributed by atoms with van der Waals surface area (Å²) in [5.74, 6) is 1.08. The summed E-state index contributed by atoms with van der Waals surface area (Å²) in [6, 6.07) is 11.6. The Morgan fingerprint density at radius 1 is 1.11 bits per heavy atom. The summed E-state index contributed by atoms with van der Waals surface area (Å²) in [4.78, 5) is 17.2. The average molecular weight is 486 g/mol. The molecule has 2 amide bonds. The van der Waals surface area contributed by atoms with E-state index in [1.54, 1.807) is 42.7 Å². The molecule has 1 aliphatic rings. The van der Waals surface area contributed by atoms with Crippen molar-refractivity contribution in [1.29, 1.82) is 0 Å². The summed E-state index contributed by atoms with van der Waals surface area (Å²) in [5, 5.41) is 10.2. The third kappa shape index (κ3) is 4.42. The number of nitrogens with one attached hydrogen (secondary N) is 2. The number of alkyl halides is 4. The highest BCUT2D eigenvalue weighted by Gasteiger charge is 2.53. The maximum Gasteiger partial charge on any atom is 0.426 e. The number of aromatic nitrogens is 3. The monoisotopic (exact) mass is 486 g/mol. The number of urea groups is 1. The van der Waals surface area contributed by atoms with Crippen molar-refractivity contribution in [2.75, 3.05) is 25.1 Å². The van der Waals surface area contributed by atoms with Crippen molar-refractivity contribution in [3.05, 3.63) is 72.1 Å². The van der Waals surface area contributed by atoms with Gasteiger partial charge in [0, 0.05) is 30.4 Å². The van der Waals surface area contributed by atoms with Gasteiger partial charge in [0.2, 0.25) is 0 Å². The van der Waals surface area contributed by atoms with Crippen LogP contribution in [-0.4, -0.2) is 41.0 Å². The zero-order chi connectivity index (χ0) is 24.6. The summed E-state index contributed by atoms with van der Waals surface area (Å²) < 4.78 is 58.9. The number of ether oxygens (including phenoxy) is 1. The van der Waals surface area contributed by atoms with E-state index in [4.69, 9.17) is 4.74 Å². The highest BCUT2D eigenvalue weighted by molar-refractivity contribution is 6.00. The lowest BCUT2D eigenvalue weighted by atomic mass is 10.0. The van der Waals surface area contributed by atoms with Crippen LogP contribution < -0.4 is 14.5 Å². The molecule has 0 unspecified atom stereocenters. The Bertz CT molecular complexity index is 1380. The molecule has 11 heteroatoms. The summed E-state index contributed by atoms with van der Waals surface area (Å²) in [6.07, 6.45) is -1.77. The normalized spacial score (nSPS) is 14.6. The van der Waals surface area contributed by atoms with E-state index in [1.807, 2.05) is 0 Å². The summed E-state index contributed by atoms with van der Waals surface area (Å²) in [5.41, 5.74) is 0.250. The van der Waals surface area contributed by atoms with E-state index in [-0.39, 0.29) is 22.2 Å². The van der Waals surface area contributed by atoms with Gasteiger partial charge in [0.15, 0.2) is 5.65 Å². The molecule has 0 saturated carbocycles. The zero-order valence-corrected chi connectivity index (χ0v) is 18.3. The minimum Gasteiger partial charge on any atom is -0.456 e. The van der Waals surface area contributed by atoms with E-state index in [0.29, 0.717) is 41.3 Å². The Morgan fingerprint density at radius 3 is 2.57 bits per heavy atom. The fourth-order valence-electron chi connectivity index (χ4n) is 3.97. The van der Waals surface area contributed by atoms with Gasteiger partial charge in [-0.2, -0.15) is 22.8 Å². The van der Waals surface area contributed by atoms with E-state index in [2.05, 4.69) is 20.5 Å². The van der Waals surface area contributed by atoms with Crippen LogP contribution in [-0.2, 0) is 12.6 Å². The predicted octanol–water partition coefficient (Wildman–Crippen LogP) is 5.83. The van der Waals surface area contributed by atoms with E-state index in [9.17, 15) is 22.4 Å². The number of rotatable bonds is 6. The molecule has 3 heterocycles. The molecule has 1 aliphatic heterocycles. The highest BCUT2D eigenvalue weighted by atomic mass is 19.4. The van der Waals surface area contributed by atoms with Gasteiger partial charge in [0.05, 0.1) is 23.8 Å². The number of amides is 2. The number of quaternary nitrogens is 1. The summed E-state index contributed by atoms with van der Waals surface area (Å²) in [7, 11) is 0. The van der Waals surface area contributed by atoms with Gasteiger partial charge in [-0.05, 0) is 35.9 Å². The maximum atomic E-state index is 13.5. The molecule has 7 nitrogen and oxygen atoms in total. The first-order valence-electron chi connectivity index (χ1n) is 10.8. The predicted molar refractivity (Wildman–Crippen MR) is 122 cm³/mol. The van der Waals surface area contributed by atoms with Crippen LogP contribution >= 0.6 is 0 Å². The van der Waals surface area contributed by atoms with Crippen molar-refractivity contribution in [2.24, 2.45) is 0 Å². The molecular weight excluding hydrogens is 466 g/mol. The Morgan fingerprint density at radius 2 is 1.89 bits per heavy atom. The van der Waals surface area contributed by atoms with E-state index in [0.717, 1.165) is 6.07 Å². The Kier molecular flexibility index (Phi) is 5.64.